The summed E-state index contributed by atoms with van der Waals surface area (Å²) in [6.45, 7) is 2.39. The van der Waals surface area contributed by atoms with Crippen molar-refractivity contribution in [3.8, 4) is 11.5 Å². The lowest BCUT2D eigenvalue weighted by molar-refractivity contribution is 0.296. The Hall–Kier alpha value is -2.06. The van der Waals surface area contributed by atoms with E-state index < -0.39 is 10.0 Å². The first-order valence-electron chi connectivity index (χ1n) is 8.90. The van der Waals surface area contributed by atoms with Gasteiger partial charge in [-0.2, -0.15) is 0 Å². The van der Waals surface area contributed by atoms with Crippen molar-refractivity contribution in [3.05, 3.63) is 36.4 Å². The van der Waals surface area contributed by atoms with Gasteiger partial charge >= 0.3 is 0 Å². The van der Waals surface area contributed by atoms with Crippen LogP contribution in [0.2, 0.25) is 0 Å². The predicted molar refractivity (Wildman–Crippen MR) is 95.9 cm³/mol. The third-order valence-electron chi connectivity index (χ3n) is 4.98. The average Bonchev–Trinajstić information content (AvgIpc) is 2.97. The standard InChI is InChI=1S/C18H23N3O4S/c1-20(12-14-3-6-18-19-7-8-21(18)13-14)26(22,23)15-4-5-16-17(11-15)25-10-2-9-24-16/h4-5,7-8,11,14H,2-3,6,9-10,12-13H2,1H3/t14-/m0/s1. The highest BCUT2D eigenvalue weighted by Gasteiger charge is 2.27. The molecule has 140 valence electrons. The molecule has 0 aliphatic carbocycles. The number of hydrogen-bond acceptors (Lipinski definition) is 5. The van der Waals surface area contributed by atoms with Gasteiger partial charge < -0.3 is 14.0 Å². The quantitative estimate of drug-likeness (QED) is 0.814. The molecule has 1 aromatic heterocycles. The summed E-state index contributed by atoms with van der Waals surface area (Å²) in [4.78, 5) is 4.56. The second-order valence-corrected chi connectivity index (χ2v) is 8.89. The van der Waals surface area contributed by atoms with Crippen LogP contribution in [0.3, 0.4) is 0 Å². The number of aryl methyl sites for hydroxylation is 1. The van der Waals surface area contributed by atoms with Crippen molar-refractivity contribution >= 4 is 10.0 Å². The van der Waals surface area contributed by atoms with Gasteiger partial charge in [-0.05, 0) is 24.5 Å². The molecule has 0 spiro atoms. The third-order valence-corrected chi connectivity index (χ3v) is 6.79. The second-order valence-electron chi connectivity index (χ2n) is 6.85. The monoisotopic (exact) mass is 377 g/mol. The molecule has 0 amide bonds. The molecular weight excluding hydrogens is 354 g/mol. The van der Waals surface area contributed by atoms with Crippen LogP contribution in [0.4, 0.5) is 0 Å². The van der Waals surface area contributed by atoms with Gasteiger partial charge in [0, 0.05) is 51.4 Å². The fourth-order valence-corrected chi connectivity index (χ4v) is 4.79. The molecule has 0 radical (unpaired) electrons. The molecule has 1 atom stereocenters. The Kier molecular flexibility index (Phi) is 4.62. The zero-order valence-corrected chi connectivity index (χ0v) is 15.6. The summed E-state index contributed by atoms with van der Waals surface area (Å²) in [5, 5.41) is 0. The smallest absolute Gasteiger partial charge is 0.242 e. The van der Waals surface area contributed by atoms with E-state index in [1.54, 1.807) is 31.4 Å². The summed E-state index contributed by atoms with van der Waals surface area (Å²) in [7, 11) is -1.93. The number of nitrogens with zero attached hydrogens (tertiary/aromatic N) is 3. The highest BCUT2D eigenvalue weighted by Crippen LogP contribution is 2.33. The largest absolute Gasteiger partial charge is 0.490 e. The van der Waals surface area contributed by atoms with Crippen LogP contribution in [-0.2, 0) is 23.0 Å². The normalized spacial score (nSPS) is 19.8. The molecule has 7 nitrogen and oxygen atoms in total. The molecule has 0 unspecified atom stereocenters. The zero-order valence-electron chi connectivity index (χ0n) is 14.8. The highest BCUT2D eigenvalue weighted by atomic mass is 32.2. The van der Waals surface area contributed by atoms with Crippen molar-refractivity contribution in [3.63, 3.8) is 0 Å². The number of ether oxygens (including phenoxy) is 2. The van der Waals surface area contributed by atoms with Crippen molar-refractivity contribution in [1.82, 2.24) is 13.9 Å². The summed E-state index contributed by atoms with van der Waals surface area (Å²) in [6, 6.07) is 4.84. The van der Waals surface area contributed by atoms with Crippen LogP contribution in [0.1, 0.15) is 18.7 Å². The molecule has 26 heavy (non-hydrogen) atoms. The first kappa shape index (κ1) is 17.4. The van der Waals surface area contributed by atoms with Crippen molar-refractivity contribution in [1.29, 1.82) is 0 Å². The molecule has 0 saturated heterocycles. The Bertz CT molecular complexity index is 894. The van der Waals surface area contributed by atoms with E-state index in [0.717, 1.165) is 31.6 Å². The van der Waals surface area contributed by atoms with Gasteiger partial charge in [0.1, 0.15) is 5.82 Å². The van der Waals surface area contributed by atoms with Gasteiger partial charge in [-0.15, -0.1) is 0 Å². The molecule has 0 saturated carbocycles. The number of sulfonamides is 1. The van der Waals surface area contributed by atoms with Crippen molar-refractivity contribution in [2.45, 2.75) is 30.7 Å². The zero-order chi connectivity index (χ0) is 18.1. The minimum absolute atomic E-state index is 0.239. The van der Waals surface area contributed by atoms with Crippen LogP contribution in [0.15, 0.2) is 35.5 Å². The first-order chi connectivity index (χ1) is 12.5. The minimum Gasteiger partial charge on any atom is -0.490 e. The Morgan fingerprint density at radius 2 is 2.08 bits per heavy atom. The van der Waals surface area contributed by atoms with E-state index in [-0.39, 0.29) is 10.8 Å². The number of benzene rings is 1. The second kappa shape index (κ2) is 6.92. The minimum atomic E-state index is -3.57. The van der Waals surface area contributed by atoms with Gasteiger partial charge in [0.15, 0.2) is 11.5 Å². The maximum atomic E-state index is 13.0. The van der Waals surface area contributed by atoms with E-state index in [2.05, 4.69) is 9.55 Å². The van der Waals surface area contributed by atoms with Gasteiger partial charge in [0.05, 0.1) is 18.1 Å². The van der Waals surface area contributed by atoms with E-state index in [1.165, 1.54) is 4.31 Å². The fourth-order valence-electron chi connectivity index (χ4n) is 3.53. The van der Waals surface area contributed by atoms with Crippen molar-refractivity contribution in [2.24, 2.45) is 5.92 Å². The topological polar surface area (TPSA) is 73.7 Å². The molecule has 0 N–H and O–H groups in total. The summed E-state index contributed by atoms with van der Waals surface area (Å²) < 4.78 is 40.7. The van der Waals surface area contributed by atoms with Crippen LogP contribution in [-0.4, -0.2) is 49.1 Å². The van der Waals surface area contributed by atoms with Crippen LogP contribution in [0, 0.1) is 5.92 Å². The molecule has 2 aromatic rings. The lowest BCUT2D eigenvalue weighted by atomic mass is 10.00. The lowest BCUT2D eigenvalue weighted by Crippen LogP contribution is -2.35. The van der Waals surface area contributed by atoms with E-state index in [4.69, 9.17) is 9.47 Å². The van der Waals surface area contributed by atoms with Crippen molar-refractivity contribution < 1.29 is 17.9 Å². The summed E-state index contributed by atoms with van der Waals surface area (Å²) in [6.07, 6.45) is 6.37. The predicted octanol–water partition coefficient (Wildman–Crippen LogP) is 1.93. The molecule has 3 heterocycles. The molecule has 0 bridgehead atoms. The number of hydrogen-bond donors (Lipinski definition) is 0. The van der Waals surface area contributed by atoms with Gasteiger partial charge in [0.25, 0.3) is 0 Å². The Morgan fingerprint density at radius 1 is 1.27 bits per heavy atom. The maximum absolute atomic E-state index is 13.0. The molecule has 8 heteroatoms. The Labute approximate surface area is 153 Å². The lowest BCUT2D eigenvalue weighted by Gasteiger charge is -2.28. The summed E-state index contributed by atoms with van der Waals surface area (Å²) >= 11 is 0. The number of aromatic nitrogens is 2. The SMILES string of the molecule is CN(C[C@@H]1CCc2nccn2C1)S(=O)(=O)c1ccc2c(c1)OCCCO2. The fraction of sp³-hybridized carbons (Fsp3) is 0.500. The van der Waals surface area contributed by atoms with E-state index in [1.807, 2.05) is 6.20 Å². The van der Waals surface area contributed by atoms with Crippen LogP contribution in [0.25, 0.3) is 0 Å². The Balaban J connectivity index is 1.50. The first-order valence-corrected chi connectivity index (χ1v) is 10.3. The van der Waals surface area contributed by atoms with Gasteiger partial charge in [0.2, 0.25) is 10.0 Å². The van der Waals surface area contributed by atoms with Gasteiger partial charge in [-0.3, -0.25) is 0 Å². The summed E-state index contributed by atoms with van der Waals surface area (Å²) in [5.74, 6) is 2.45. The number of rotatable bonds is 4. The highest BCUT2D eigenvalue weighted by molar-refractivity contribution is 7.89. The van der Waals surface area contributed by atoms with Crippen LogP contribution >= 0.6 is 0 Å². The number of fused-ring (bicyclic) bond motifs is 2. The van der Waals surface area contributed by atoms with E-state index in [0.29, 0.717) is 31.3 Å². The average molecular weight is 377 g/mol. The van der Waals surface area contributed by atoms with Gasteiger partial charge in [-0.1, -0.05) is 0 Å². The summed E-state index contributed by atoms with van der Waals surface area (Å²) in [5.41, 5.74) is 0. The molecule has 1 aromatic carbocycles. The molecular formula is C18H23N3O4S. The number of imidazole rings is 1. The van der Waals surface area contributed by atoms with Crippen LogP contribution in [0.5, 0.6) is 11.5 Å². The molecule has 0 fully saturated rings. The maximum Gasteiger partial charge on any atom is 0.242 e. The van der Waals surface area contributed by atoms with Crippen LogP contribution < -0.4 is 9.47 Å². The molecule has 4 rings (SSSR count). The molecule has 2 aliphatic rings. The molecule has 2 aliphatic heterocycles. The van der Waals surface area contributed by atoms with Crippen molar-refractivity contribution in [2.75, 3.05) is 26.8 Å². The van der Waals surface area contributed by atoms with Gasteiger partial charge in [-0.25, -0.2) is 17.7 Å². The van der Waals surface area contributed by atoms with E-state index >= 15 is 0 Å². The third kappa shape index (κ3) is 3.31. The van der Waals surface area contributed by atoms with E-state index in [9.17, 15) is 8.42 Å². The Morgan fingerprint density at radius 3 is 2.92 bits per heavy atom.